The molecule has 1 aromatic rings. The molecule has 2 aliphatic heterocycles. The van der Waals surface area contributed by atoms with Crippen LogP contribution in [-0.4, -0.2) is 36.6 Å². The Hall–Kier alpha value is -0.810. The van der Waals surface area contributed by atoms with Gasteiger partial charge in [0.05, 0.1) is 23.8 Å². The molecule has 0 aromatic heterocycles. The number of halogens is 1. The van der Waals surface area contributed by atoms with E-state index in [1.165, 1.54) is 0 Å². The highest BCUT2D eigenvalue weighted by Crippen LogP contribution is 2.37. The smallest absolute Gasteiger partial charge is 0.138 e. The van der Waals surface area contributed by atoms with Crippen LogP contribution in [0, 0.1) is 0 Å². The van der Waals surface area contributed by atoms with Gasteiger partial charge in [0.25, 0.3) is 0 Å². The minimum atomic E-state index is -0.0846. The Morgan fingerprint density at radius 1 is 1.29 bits per heavy atom. The third-order valence-corrected chi connectivity index (χ3v) is 4.62. The van der Waals surface area contributed by atoms with Crippen molar-refractivity contribution in [3.8, 4) is 5.75 Å². The lowest BCUT2D eigenvalue weighted by Gasteiger charge is -2.43. The summed E-state index contributed by atoms with van der Waals surface area (Å²) in [4.78, 5) is 0. The molecule has 2 saturated heterocycles. The summed E-state index contributed by atoms with van der Waals surface area (Å²) in [6.07, 6.45) is 3.75. The van der Waals surface area contributed by atoms with E-state index in [4.69, 9.17) is 30.9 Å². The van der Waals surface area contributed by atoms with E-state index in [-0.39, 0.29) is 18.3 Å². The minimum Gasteiger partial charge on any atom is -0.489 e. The van der Waals surface area contributed by atoms with Crippen LogP contribution < -0.4 is 4.74 Å². The first-order valence-electron chi connectivity index (χ1n) is 7.48. The molecule has 2 heterocycles. The summed E-state index contributed by atoms with van der Waals surface area (Å²) in [5.74, 6) is 0.683. The normalized spacial score (nSPS) is 25.0. The summed E-state index contributed by atoms with van der Waals surface area (Å²) in [6, 6.07) is 5.42. The van der Waals surface area contributed by atoms with Gasteiger partial charge in [-0.3, -0.25) is 0 Å². The first-order chi connectivity index (χ1) is 10.2. The summed E-state index contributed by atoms with van der Waals surface area (Å²) < 4.78 is 17.5. The molecule has 21 heavy (non-hydrogen) atoms. The van der Waals surface area contributed by atoms with E-state index in [0.717, 1.165) is 51.1 Å². The Balaban J connectivity index is 1.67. The van der Waals surface area contributed by atoms with E-state index >= 15 is 0 Å². The van der Waals surface area contributed by atoms with Gasteiger partial charge in [0, 0.05) is 26.1 Å². The summed E-state index contributed by atoms with van der Waals surface area (Å²) in [5.41, 5.74) is 0.707. The summed E-state index contributed by atoms with van der Waals surface area (Å²) >= 11 is 6.22. The predicted molar refractivity (Wildman–Crippen MR) is 79.8 cm³/mol. The second-order valence-corrected chi connectivity index (χ2v) is 6.21. The molecule has 1 atom stereocenters. The maximum absolute atomic E-state index is 9.11. The molecule has 1 unspecified atom stereocenters. The molecule has 1 N–H and O–H groups in total. The van der Waals surface area contributed by atoms with Crippen LogP contribution >= 0.6 is 11.6 Å². The van der Waals surface area contributed by atoms with Gasteiger partial charge in [0.15, 0.2) is 0 Å². The van der Waals surface area contributed by atoms with Gasteiger partial charge in [0.1, 0.15) is 11.9 Å². The van der Waals surface area contributed by atoms with Gasteiger partial charge >= 0.3 is 0 Å². The second-order valence-electron chi connectivity index (χ2n) is 5.80. The van der Waals surface area contributed by atoms with Crippen molar-refractivity contribution in [3.63, 3.8) is 0 Å². The van der Waals surface area contributed by atoms with Gasteiger partial charge in [-0.15, -0.1) is 0 Å². The number of ether oxygens (including phenoxy) is 3. The van der Waals surface area contributed by atoms with Crippen LogP contribution in [0.3, 0.4) is 0 Å². The first kappa shape index (κ1) is 15.1. The monoisotopic (exact) mass is 312 g/mol. The lowest BCUT2D eigenvalue weighted by atomic mass is 9.85. The van der Waals surface area contributed by atoms with Crippen LogP contribution in [0.15, 0.2) is 18.2 Å². The van der Waals surface area contributed by atoms with Gasteiger partial charge in [-0.2, -0.15) is 0 Å². The van der Waals surface area contributed by atoms with Crippen LogP contribution in [0.5, 0.6) is 5.75 Å². The average Bonchev–Trinajstić information content (AvgIpc) is 2.50. The number of aliphatic hydroxyl groups excluding tert-OH is 1. The Kier molecular flexibility index (Phi) is 4.69. The quantitative estimate of drug-likeness (QED) is 0.932. The van der Waals surface area contributed by atoms with E-state index in [1.54, 1.807) is 6.07 Å². The fourth-order valence-corrected chi connectivity index (χ4v) is 3.34. The molecule has 2 aliphatic rings. The maximum Gasteiger partial charge on any atom is 0.138 e. The summed E-state index contributed by atoms with van der Waals surface area (Å²) in [6.45, 7) is 2.23. The van der Waals surface area contributed by atoms with Crippen LogP contribution in [0.4, 0.5) is 0 Å². The lowest BCUT2D eigenvalue weighted by Crippen LogP contribution is -2.47. The fourth-order valence-electron chi connectivity index (χ4n) is 3.09. The second kappa shape index (κ2) is 6.53. The van der Waals surface area contributed by atoms with Crippen LogP contribution in [0.25, 0.3) is 0 Å². The Morgan fingerprint density at radius 3 is 2.81 bits per heavy atom. The number of hydrogen-bond donors (Lipinski definition) is 1. The molecular formula is C16H21ClO4. The van der Waals surface area contributed by atoms with Gasteiger partial charge < -0.3 is 19.3 Å². The molecule has 1 spiro atoms. The van der Waals surface area contributed by atoms with Crippen molar-refractivity contribution in [2.24, 2.45) is 0 Å². The van der Waals surface area contributed by atoms with Crippen LogP contribution in [-0.2, 0) is 16.1 Å². The van der Waals surface area contributed by atoms with Crippen molar-refractivity contribution < 1.29 is 19.3 Å². The summed E-state index contributed by atoms with van der Waals surface area (Å²) in [7, 11) is 0. The van der Waals surface area contributed by atoms with E-state index < -0.39 is 0 Å². The van der Waals surface area contributed by atoms with Gasteiger partial charge in [-0.25, -0.2) is 0 Å². The van der Waals surface area contributed by atoms with E-state index in [1.807, 2.05) is 12.1 Å². The third-order valence-electron chi connectivity index (χ3n) is 4.32. The van der Waals surface area contributed by atoms with Gasteiger partial charge in [-0.05, 0) is 30.5 Å². The SMILES string of the molecule is OCc1ccc(OC2CCOC3(CCOCC3)C2)c(Cl)c1. The number of benzene rings is 1. The summed E-state index contributed by atoms with van der Waals surface area (Å²) in [5, 5.41) is 9.66. The molecule has 0 amide bonds. The van der Waals surface area contributed by atoms with Crippen molar-refractivity contribution in [2.45, 2.75) is 44.0 Å². The highest BCUT2D eigenvalue weighted by atomic mass is 35.5. The lowest BCUT2D eigenvalue weighted by molar-refractivity contribution is -0.155. The Bertz CT molecular complexity index is 480. The molecule has 0 saturated carbocycles. The van der Waals surface area contributed by atoms with Crippen molar-refractivity contribution in [1.29, 1.82) is 0 Å². The Labute approximate surface area is 130 Å². The topological polar surface area (TPSA) is 47.9 Å². The highest BCUT2D eigenvalue weighted by molar-refractivity contribution is 6.32. The zero-order valence-corrected chi connectivity index (χ0v) is 12.8. The van der Waals surface area contributed by atoms with Gasteiger partial charge in [0.2, 0.25) is 0 Å². The Morgan fingerprint density at radius 2 is 2.10 bits per heavy atom. The van der Waals surface area contributed by atoms with Crippen LogP contribution in [0.1, 0.15) is 31.2 Å². The molecule has 4 nitrogen and oxygen atoms in total. The zero-order valence-electron chi connectivity index (χ0n) is 12.0. The van der Waals surface area contributed by atoms with Crippen LogP contribution in [0.2, 0.25) is 5.02 Å². The zero-order chi connectivity index (χ0) is 14.7. The van der Waals surface area contributed by atoms with E-state index in [9.17, 15) is 0 Å². The molecule has 1 aromatic carbocycles. The fraction of sp³-hybridized carbons (Fsp3) is 0.625. The van der Waals surface area contributed by atoms with E-state index in [2.05, 4.69) is 0 Å². The van der Waals surface area contributed by atoms with E-state index in [0.29, 0.717) is 10.8 Å². The minimum absolute atomic E-state index is 0.0135. The molecule has 0 aliphatic carbocycles. The van der Waals surface area contributed by atoms with Crippen molar-refractivity contribution in [2.75, 3.05) is 19.8 Å². The highest BCUT2D eigenvalue weighted by Gasteiger charge is 2.40. The van der Waals surface area contributed by atoms with Crippen molar-refractivity contribution >= 4 is 11.6 Å². The number of rotatable bonds is 3. The number of hydrogen-bond acceptors (Lipinski definition) is 4. The van der Waals surface area contributed by atoms with Gasteiger partial charge in [-0.1, -0.05) is 17.7 Å². The molecule has 5 heteroatoms. The predicted octanol–water partition coefficient (Wildman–Crippen LogP) is 2.94. The third kappa shape index (κ3) is 3.51. The number of aliphatic hydroxyl groups is 1. The largest absolute Gasteiger partial charge is 0.489 e. The molecule has 3 rings (SSSR count). The van der Waals surface area contributed by atoms with Crippen molar-refractivity contribution in [1.82, 2.24) is 0 Å². The molecule has 116 valence electrons. The average molecular weight is 313 g/mol. The molecular weight excluding hydrogens is 292 g/mol. The maximum atomic E-state index is 9.11. The standard InChI is InChI=1S/C16H21ClO4/c17-14-9-12(11-18)1-2-15(14)21-13-3-6-20-16(10-13)4-7-19-8-5-16/h1-2,9,13,18H,3-8,10-11H2. The first-order valence-corrected chi connectivity index (χ1v) is 7.86. The van der Waals surface area contributed by atoms with Crippen molar-refractivity contribution in [3.05, 3.63) is 28.8 Å². The molecule has 2 fully saturated rings. The molecule has 0 bridgehead atoms. The molecule has 0 radical (unpaired) electrons.